The summed E-state index contributed by atoms with van der Waals surface area (Å²) in [6.07, 6.45) is 7.12. The standard InChI is InChI=1S/C21H26N4O/c1-2-18-9-5-6-13-25(18)20(26)19-10-12-22-21(23-19)24-14-11-16-7-3-4-8-17(16)15-24/h3-4,7-8,10,12,18H,2,5-6,9,11,13-15H2,1H3. The Kier molecular flexibility index (Phi) is 4.87. The summed E-state index contributed by atoms with van der Waals surface area (Å²) in [7, 11) is 0. The monoisotopic (exact) mass is 350 g/mol. The Morgan fingerprint density at radius 1 is 1.15 bits per heavy atom. The fourth-order valence-electron chi connectivity index (χ4n) is 4.13. The van der Waals surface area contributed by atoms with E-state index in [9.17, 15) is 4.79 Å². The molecule has 0 N–H and O–H groups in total. The molecule has 2 aromatic rings. The summed E-state index contributed by atoms with van der Waals surface area (Å²) in [6, 6.07) is 10.6. The third-order valence-corrected chi connectivity index (χ3v) is 5.63. The zero-order valence-corrected chi connectivity index (χ0v) is 15.4. The van der Waals surface area contributed by atoms with Crippen LogP contribution in [0.4, 0.5) is 5.95 Å². The van der Waals surface area contributed by atoms with E-state index in [0.29, 0.717) is 17.7 Å². The Morgan fingerprint density at radius 3 is 2.85 bits per heavy atom. The van der Waals surface area contributed by atoms with E-state index in [1.54, 1.807) is 12.3 Å². The highest BCUT2D eigenvalue weighted by Crippen LogP contribution is 2.24. The van der Waals surface area contributed by atoms with Gasteiger partial charge in [0.05, 0.1) is 0 Å². The van der Waals surface area contributed by atoms with Crippen LogP contribution in [0.25, 0.3) is 0 Å². The number of benzene rings is 1. The van der Waals surface area contributed by atoms with Crippen LogP contribution in [-0.4, -0.2) is 39.9 Å². The summed E-state index contributed by atoms with van der Waals surface area (Å²) >= 11 is 0. The number of likely N-dealkylation sites (tertiary alicyclic amines) is 1. The molecule has 1 aromatic carbocycles. The highest BCUT2D eigenvalue weighted by atomic mass is 16.2. The fourth-order valence-corrected chi connectivity index (χ4v) is 4.13. The highest BCUT2D eigenvalue weighted by Gasteiger charge is 2.27. The molecule has 1 fully saturated rings. The number of rotatable bonds is 3. The maximum atomic E-state index is 13.0. The predicted molar refractivity (Wildman–Crippen MR) is 102 cm³/mol. The number of aromatic nitrogens is 2. The minimum absolute atomic E-state index is 0.0533. The molecular weight excluding hydrogens is 324 g/mol. The molecule has 0 bridgehead atoms. The minimum Gasteiger partial charge on any atom is -0.336 e. The molecule has 0 radical (unpaired) electrons. The number of hydrogen-bond acceptors (Lipinski definition) is 4. The van der Waals surface area contributed by atoms with Gasteiger partial charge < -0.3 is 9.80 Å². The van der Waals surface area contributed by atoms with Crippen LogP contribution in [0.15, 0.2) is 36.5 Å². The second-order valence-corrected chi connectivity index (χ2v) is 7.24. The Hall–Kier alpha value is -2.43. The lowest BCUT2D eigenvalue weighted by Gasteiger charge is -2.35. The number of carbonyl (C=O) groups excluding carboxylic acids is 1. The molecule has 26 heavy (non-hydrogen) atoms. The van der Waals surface area contributed by atoms with Gasteiger partial charge in [-0.2, -0.15) is 0 Å². The molecule has 1 atom stereocenters. The maximum Gasteiger partial charge on any atom is 0.272 e. The Labute approximate surface area is 155 Å². The van der Waals surface area contributed by atoms with Crippen molar-refractivity contribution in [1.82, 2.24) is 14.9 Å². The van der Waals surface area contributed by atoms with E-state index >= 15 is 0 Å². The molecule has 0 spiro atoms. The Bertz CT molecular complexity index is 791. The van der Waals surface area contributed by atoms with Crippen LogP contribution in [0.2, 0.25) is 0 Å². The summed E-state index contributed by atoms with van der Waals surface area (Å²) in [5, 5.41) is 0. The third kappa shape index (κ3) is 3.30. The van der Waals surface area contributed by atoms with Crippen molar-refractivity contribution in [2.24, 2.45) is 0 Å². The van der Waals surface area contributed by atoms with Crippen LogP contribution in [0.1, 0.15) is 54.2 Å². The summed E-state index contributed by atoms with van der Waals surface area (Å²) in [5.74, 6) is 0.716. The quantitative estimate of drug-likeness (QED) is 0.851. The largest absolute Gasteiger partial charge is 0.336 e. The molecule has 1 unspecified atom stereocenters. The summed E-state index contributed by atoms with van der Waals surface area (Å²) in [5.41, 5.74) is 3.24. The zero-order chi connectivity index (χ0) is 17.9. The van der Waals surface area contributed by atoms with E-state index in [1.807, 2.05) is 4.90 Å². The summed E-state index contributed by atoms with van der Waals surface area (Å²) < 4.78 is 0. The van der Waals surface area contributed by atoms with Gasteiger partial charge in [0, 0.05) is 31.9 Å². The maximum absolute atomic E-state index is 13.0. The number of carbonyl (C=O) groups is 1. The van der Waals surface area contributed by atoms with Crippen molar-refractivity contribution >= 4 is 11.9 Å². The first-order valence-corrected chi connectivity index (χ1v) is 9.72. The summed E-state index contributed by atoms with van der Waals surface area (Å²) in [4.78, 5) is 26.3. The number of fused-ring (bicyclic) bond motifs is 1. The zero-order valence-electron chi connectivity index (χ0n) is 15.4. The van der Waals surface area contributed by atoms with E-state index in [0.717, 1.165) is 45.3 Å². The predicted octanol–water partition coefficient (Wildman–Crippen LogP) is 3.44. The lowest BCUT2D eigenvalue weighted by molar-refractivity contribution is 0.0602. The van der Waals surface area contributed by atoms with Gasteiger partial charge >= 0.3 is 0 Å². The van der Waals surface area contributed by atoms with E-state index in [4.69, 9.17) is 0 Å². The number of piperidine rings is 1. The molecule has 0 aliphatic carbocycles. The number of anilines is 1. The Balaban J connectivity index is 1.54. The van der Waals surface area contributed by atoms with Crippen molar-refractivity contribution in [3.05, 3.63) is 53.3 Å². The molecular formula is C21H26N4O. The van der Waals surface area contributed by atoms with Gasteiger partial charge in [-0.1, -0.05) is 31.2 Å². The van der Waals surface area contributed by atoms with Crippen molar-refractivity contribution in [3.63, 3.8) is 0 Å². The molecule has 4 rings (SSSR count). The van der Waals surface area contributed by atoms with Gasteiger partial charge in [0.2, 0.25) is 5.95 Å². The van der Waals surface area contributed by atoms with Crippen LogP contribution >= 0.6 is 0 Å². The van der Waals surface area contributed by atoms with Crippen LogP contribution in [0, 0.1) is 0 Å². The van der Waals surface area contributed by atoms with Crippen LogP contribution in [0.5, 0.6) is 0 Å². The van der Waals surface area contributed by atoms with Crippen LogP contribution in [-0.2, 0) is 13.0 Å². The van der Waals surface area contributed by atoms with Crippen molar-refractivity contribution in [2.45, 2.75) is 51.6 Å². The SMILES string of the molecule is CCC1CCCCN1C(=O)c1ccnc(N2CCc3ccccc3C2)n1. The van der Waals surface area contributed by atoms with Crippen LogP contribution in [0.3, 0.4) is 0 Å². The second-order valence-electron chi connectivity index (χ2n) is 7.24. The lowest BCUT2D eigenvalue weighted by atomic mass is 9.99. The van der Waals surface area contributed by atoms with E-state index in [-0.39, 0.29) is 5.91 Å². The Morgan fingerprint density at radius 2 is 2.00 bits per heavy atom. The average Bonchev–Trinajstić information content (AvgIpc) is 2.73. The smallest absolute Gasteiger partial charge is 0.272 e. The lowest BCUT2D eigenvalue weighted by Crippen LogP contribution is -2.43. The molecule has 5 heteroatoms. The van der Waals surface area contributed by atoms with E-state index in [1.165, 1.54) is 17.5 Å². The molecule has 1 saturated heterocycles. The van der Waals surface area contributed by atoms with Gasteiger partial charge in [0.25, 0.3) is 5.91 Å². The van der Waals surface area contributed by atoms with Gasteiger partial charge in [-0.15, -0.1) is 0 Å². The van der Waals surface area contributed by atoms with Gasteiger partial charge in [-0.25, -0.2) is 9.97 Å². The molecule has 136 valence electrons. The molecule has 5 nitrogen and oxygen atoms in total. The molecule has 1 aromatic heterocycles. The normalized spacial score (nSPS) is 20.0. The van der Waals surface area contributed by atoms with Crippen molar-refractivity contribution in [2.75, 3.05) is 18.0 Å². The molecule has 1 amide bonds. The summed E-state index contributed by atoms with van der Waals surface area (Å²) in [6.45, 7) is 4.69. The average molecular weight is 350 g/mol. The van der Waals surface area contributed by atoms with Gasteiger partial charge in [0.15, 0.2) is 0 Å². The fraction of sp³-hybridized carbons (Fsp3) is 0.476. The topological polar surface area (TPSA) is 49.3 Å². The van der Waals surface area contributed by atoms with E-state index in [2.05, 4.69) is 46.1 Å². The van der Waals surface area contributed by atoms with Crippen molar-refractivity contribution in [3.8, 4) is 0 Å². The first-order valence-electron chi connectivity index (χ1n) is 9.72. The van der Waals surface area contributed by atoms with Crippen molar-refractivity contribution < 1.29 is 4.79 Å². The highest BCUT2D eigenvalue weighted by molar-refractivity contribution is 5.92. The van der Waals surface area contributed by atoms with Gasteiger partial charge in [0.1, 0.15) is 5.69 Å². The molecule has 3 heterocycles. The first kappa shape index (κ1) is 17.0. The number of hydrogen-bond donors (Lipinski definition) is 0. The van der Waals surface area contributed by atoms with Gasteiger partial charge in [-0.05, 0) is 49.3 Å². The van der Waals surface area contributed by atoms with Crippen molar-refractivity contribution in [1.29, 1.82) is 0 Å². The molecule has 2 aliphatic rings. The molecule has 0 saturated carbocycles. The minimum atomic E-state index is 0.0533. The van der Waals surface area contributed by atoms with E-state index < -0.39 is 0 Å². The first-order chi connectivity index (χ1) is 12.8. The van der Waals surface area contributed by atoms with Gasteiger partial charge in [-0.3, -0.25) is 4.79 Å². The number of amides is 1. The van der Waals surface area contributed by atoms with Crippen LogP contribution < -0.4 is 4.90 Å². The second kappa shape index (κ2) is 7.44. The third-order valence-electron chi connectivity index (χ3n) is 5.63. The molecule has 2 aliphatic heterocycles. The number of nitrogens with zero attached hydrogens (tertiary/aromatic N) is 4.